The average molecular weight is 248 g/mol. The summed E-state index contributed by atoms with van der Waals surface area (Å²) in [5.74, 6) is -3.04. The standard InChI is InChI=1S/C12H12N2O4/c1-18-12(17)9-7-14(11(16)10(9)15)6-8-4-2-3-5-13-8/h2-5,9H,6-7H2,1H3/t9-/m0/s1. The summed E-state index contributed by atoms with van der Waals surface area (Å²) in [7, 11) is 1.20. The van der Waals surface area contributed by atoms with Gasteiger partial charge in [-0.2, -0.15) is 0 Å². The fourth-order valence-corrected chi connectivity index (χ4v) is 1.84. The van der Waals surface area contributed by atoms with Crippen molar-refractivity contribution in [1.29, 1.82) is 0 Å². The molecular formula is C12H12N2O4. The molecule has 1 aliphatic heterocycles. The lowest BCUT2D eigenvalue weighted by Gasteiger charge is -2.14. The molecule has 1 saturated heterocycles. The normalized spacial score (nSPS) is 19.2. The Labute approximate surface area is 104 Å². The highest BCUT2D eigenvalue weighted by Gasteiger charge is 2.43. The van der Waals surface area contributed by atoms with Crippen molar-refractivity contribution in [3.8, 4) is 0 Å². The van der Waals surface area contributed by atoms with E-state index < -0.39 is 23.6 Å². The number of Topliss-reactive ketones (excluding diaryl/α,β-unsaturated/α-hetero) is 1. The Morgan fingerprint density at radius 2 is 2.28 bits per heavy atom. The number of rotatable bonds is 3. The number of carbonyl (C=O) groups excluding carboxylic acids is 3. The Morgan fingerprint density at radius 1 is 1.50 bits per heavy atom. The maximum absolute atomic E-state index is 11.7. The quantitative estimate of drug-likeness (QED) is 0.420. The van der Waals surface area contributed by atoms with Crippen LogP contribution in [-0.2, 0) is 25.7 Å². The van der Waals surface area contributed by atoms with E-state index in [1.807, 2.05) is 0 Å². The first kappa shape index (κ1) is 12.2. The fourth-order valence-electron chi connectivity index (χ4n) is 1.84. The van der Waals surface area contributed by atoms with Gasteiger partial charge in [-0.05, 0) is 12.1 Å². The lowest BCUT2D eigenvalue weighted by molar-refractivity contribution is -0.150. The molecule has 0 spiro atoms. The number of esters is 1. The summed E-state index contributed by atoms with van der Waals surface area (Å²) < 4.78 is 4.50. The summed E-state index contributed by atoms with van der Waals surface area (Å²) >= 11 is 0. The highest BCUT2D eigenvalue weighted by atomic mass is 16.5. The monoisotopic (exact) mass is 248 g/mol. The number of pyridine rings is 1. The Balaban J connectivity index is 2.10. The van der Waals surface area contributed by atoms with Crippen LogP contribution in [0.3, 0.4) is 0 Å². The number of ketones is 1. The number of nitrogens with zero attached hydrogens (tertiary/aromatic N) is 2. The van der Waals surface area contributed by atoms with Crippen molar-refractivity contribution >= 4 is 17.7 Å². The molecule has 0 N–H and O–H groups in total. The van der Waals surface area contributed by atoms with Gasteiger partial charge in [-0.3, -0.25) is 19.4 Å². The van der Waals surface area contributed by atoms with Gasteiger partial charge in [0.15, 0.2) is 0 Å². The van der Waals surface area contributed by atoms with Gasteiger partial charge in [0.05, 0.1) is 19.3 Å². The SMILES string of the molecule is COC(=O)[C@H]1CN(Cc2ccccn2)C(=O)C1=O. The molecule has 0 unspecified atom stereocenters. The van der Waals surface area contributed by atoms with Crippen LogP contribution in [0.5, 0.6) is 0 Å². The van der Waals surface area contributed by atoms with E-state index in [0.717, 1.165) is 0 Å². The number of aromatic nitrogens is 1. The lowest BCUT2D eigenvalue weighted by Crippen LogP contribution is -2.27. The second kappa shape index (κ2) is 4.95. The van der Waals surface area contributed by atoms with E-state index in [4.69, 9.17) is 0 Å². The van der Waals surface area contributed by atoms with Gasteiger partial charge in [-0.25, -0.2) is 0 Å². The minimum atomic E-state index is -1.01. The van der Waals surface area contributed by atoms with Crippen LogP contribution in [0.15, 0.2) is 24.4 Å². The molecular weight excluding hydrogens is 236 g/mol. The van der Waals surface area contributed by atoms with Gasteiger partial charge >= 0.3 is 5.97 Å². The minimum Gasteiger partial charge on any atom is -0.468 e. The number of ether oxygens (including phenoxy) is 1. The second-order valence-electron chi connectivity index (χ2n) is 3.95. The fraction of sp³-hybridized carbons (Fsp3) is 0.333. The minimum absolute atomic E-state index is 0.0565. The third kappa shape index (κ3) is 2.22. The Morgan fingerprint density at radius 3 is 2.89 bits per heavy atom. The molecule has 2 rings (SSSR count). The van der Waals surface area contributed by atoms with Gasteiger partial charge in [0.2, 0.25) is 5.78 Å². The Kier molecular flexibility index (Phi) is 3.36. The van der Waals surface area contributed by atoms with E-state index in [0.29, 0.717) is 5.69 Å². The summed E-state index contributed by atoms with van der Waals surface area (Å²) in [5, 5.41) is 0. The van der Waals surface area contributed by atoms with Crippen LogP contribution >= 0.6 is 0 Å². The number of amides is 1. The largest absolute Gasteiger partial charge is 0.468 e. The van der Waals surface area contributed by atoms with Crippen LogP contribution in [0.25, 0.3) is 0 Å². The summed E-state index contributed by atoms with van der Waals surface area (Å²) in [6, 6.07) is 5.31. The van der Waals surface area contributed by atoms with Crippen LogP contribution in [0.1, 0.15) is 5.69 Å². The molecule has 0 bridgehead atoms. The molecule has 18 heavy (non-hydrogen) atoms. The van der Waals surface area contributed by atoms with Crippen LogP contribution in [-0.4, -0.2) is 41.2 Å². The highest BCUT2D eigenvalue weighted by molar-refractivity contribution is 6.42. The Hall–Kier alpha value is -2.24. The molecule has 6 nitrogen and oxygen atoms in total. The van der Waals surface area contributed by atoms with E-state index in [9.17, 15) is 14.4 Å². The topological polar surface area (TPSA) is 76.6 Å². The summed E-state index contributed by atoms with van der Waals surface area (Å²) in [4.78, 5) is 40.0. The average Bonchev–Trinajstić information content (AvgIpc) is 2.67. The summed E-state index contributed by atoms with van der Waals surface area (Å²) in [5.41, 5.74) is 0.671. The van der Waals surface area contributed by atoms with Gasteiger partial charge in [0.25, 0.3) is 5.91 Å². The molecule has 6 heteroatoms. The smallest absolute Gasteiger partial charge is 0.318 e. The number of likely N-dealkylation sites (tertiary alicyclic amines) is 1. The van der Waals surface area contributed by atoms with Crippen LogP contribution in [0.4, 0.5) is 0 Å². The van der Waals surface area contributed by atoms with Gasteiger partial charge in [-0.1, -0.05) is 6.07 Å². The molecule has 0 aliphatic carbocycles. The van der Waals surface area contributed by atoms with E-state index in [-0.39, 0.29) is 13.1 Å². The number of hydrogen-bond acceptors (Lipinski definition) is 5. The zero-order valence-electron chi connectivity index (χ0n) is 9.83. The molecule has 1 aliphatic rings. The number of methoxy groups -OCH3 is 1. The van der Waals surface area contributed by atoms with Crippen LogP contribution in [0.2, 0.25) is 0 Å². The van der Waals surface area contributed by atoms with Crippen molar-refractivity contribution in [2.75, 3.05) is 13.7 Å². The van der Waals surface area contributed by atoms with Gasteiger partial charge in [-0.15, -0.1) is 0 Å². The maximum atomic E-state index is 11.7. The maximum Gasteiger partial charge on any atom is 0.318 e. The first-order valence-electron chi connectivity index (χ1n) is 5.44. The molecule has 1 amide bonds. The van der Waals surface area contributed by atoms with Gasteiger partial charge < -0.3 is 9.64 Å². The van der Waals surface area contributed by atoms with Crippen LogP contribution in [0, 0.1) is 5.92 Å². The number of carbonyl (C=O) groups is 3. The van der Waals surface area contributed by atoms with E-state index in [2.05, 4.69) is 9.72 Å². The lowest BCUT2D eigenvalue weighted by atomic mass is 10.1. The first-order valence-corrected chi connectivity index (χ1v) is 5.44. The third-order valence-electron chi connectivity index (χ3n) is 2.78. The zero-order valence-corrected chi connectivity index (χ0v) is 9.83. The summed E-state index contributed by atoms with van der Waals surface area (Å²) in [6.07, 6.45) is 1.61. The van der Waals surface area contributed by atoms with Crippen molar-refractivity contribution in [2.45, 2.75) is 6.54 Å². The molecule has 1 fully saturated rings. The van der Waals surface area contributed by atoms with Crippen molar-refractivity contribution < 1.29 is 19.1 Å². The molecule has 1 aromatic heterocycles. The molecule has 0 radical (unpaired) electrons. The predicted octanol–water partition coefficient (Wildman–Crippen LogP) is -0.218. The Bertz CT molecular complexity index is 486. The first-order chi connectivity index (χ1) is 8.63. The van der Waals surface area contributed by atoms with Crippen LogP contribution < -0.4 is 0 Å². The van der Waals surface area contributed by atoms with Crippen molar-refractivity contribution in [3.63, 3.8) is 0 Å². The van der Waals surface area contributed by atoms with Gasteiger partial charge in [0, 0.05) is 12.7 Å². The van der Waals surface area contributed by atoms with Gasteiger partial charge in [0.1, 0.15) is 5.92 Å². The third-order valence-corrected chi connectivity index (χ3v) is 2.78. The van der Waals surface area contributed by atoms with E-state index in [1.54, 1.807) is 24.4 Å². The summed E-state index contributed by atoms with van der Waals surface area (Å²) in [6.45, 7) is 0.278. The van der Waals surface area contributed by atoms with Crippen molar-refractivity contribution in [1.82, 2.24) is 9.88 Å². The van der Waals surface area contributed by atoms with Crippen molar-refractivity contribution in [3.05, 3.63) is 30.1 Å². The molecule has 2 heterocycles. The molecule has 0 aromatic carbocycles. The molecule has 0 saturated carbocycles. The zero-order chi connectivity index (χ0) is 13.1. The molecule has 1 atom stereocenters. The number of hydrogen-bond donors (Lipinski definition) is 0. The molecule has 94 valence electrons. The highest BCUT2D eigenvalue weighted by Crippen LogP contribution is 2.17. The van der Waals surface area contributed by atoms with E-state index in [1.165, 1.54) is 12.0 Å². The second-order valence-corrected chi connectivity index (χ2v) is 3.95. The predicted molar refractivity (Wildman–Crippen MR) is 60.2 cm³/mol. The molecule has 1 aromatic rings. The van der Waals surface area contributed by atoms with Crippen molar-refractivity contribution in [2.24, 2.45) is 5.92 Å². The van der Waals surface area contributed by atoms with E-state index >= 15 is 0 Å².